The lowest BCUT2D eigenvalue weighted by Gasteiger charge is -2.25. The van der Waals surface area contributed by atoms with Crippen LogP contribution in [0.2, 0.25) is 0 Å². The molecule has 1 aliphatic heterocycles. The molecule has 18 heavy (non-hydrogen) atoms. The second kappa shape index (κ2) is 10.0. The van der Waals surface area contributed by atoms with E-state index in [1.165, 1.54) is 0 Å². The molecule has 0 spiro atoms. The number of hydrogen-bond acceptors (Lipinski definition) is 4. The molecule has 1 aromatic heterocycles. The molecule has 2 rings (SSSR count). The second-order valence-corrected chi connectivity index (χ2v) is 3.61. The standard InChI is InChI=1S/C9H16N4O.2C2H6/c1-8-10-11-9(12(8)2)7-13-3-5-14-6-4-13;2*1-2/h3-7H2,1-2H3;2*1-2H3. The van der Waals surface area contributed by atoms with Crippen molar-refractivity contribution in [3.63, 3.8) is 0 Å². The van der Waals surface area contributed by atoms with Crippen LogP contribution in [-0.4, -0.2) is 46.0 Å². The molecular weight excluding hydrogens is 228 g/mol. The molecule has 0 aliphatic carbocycles. The van der Waals surface area contributed by atoms with Crippen molar-refractivity contribution in [2.24, 2.45) is 7.05 Å². The van der Waals surface area contributed by atoms with Crippen molar-refractivity contribution >= 4 is 0 Å². The number of nitrogens with zero attached hydrogens (tertiary/aromatic N) is 4. The molecule has 5 nitrogen and oxygen atoms in total. The molecule has 1 saturated heterocycles. The third-order valence-electron chi connectivity index (χ3n) is 2.65. The molecule has 0 N–H and O–H groups in total. The Kier molecular flexibility index (Phi) is 9.50. The van der Waals surface area contributed by atoms with Crippen molar-refractivity contribution in [3.05, 3.63) is 11.6 Å². The zero-order chi connectivity index (χ0) is 14.0. The van der Waals surface area contributed by atoms with E-state index in [0.717, 1.165) is 44.5 Å². The van der Waals surface area contributed by atoms with Crippen LogP contribution in [0.25, 0.3) is 0 Å². The Morgan fingerprint density at radius 1 is 1.06 bits per heavy atom. The molecular formula is C13H28N4O. The minimum absolute atomic E-state index is 0.830. The summed E-state index contributed by atoms with van der Waals surface area (Å²) in [4.78, 5) is 2.34. The van der Waals surface area contributed by atoms with Crippen LogP contribution in [0.3, 0.4) is 0 Å². The summed E-state index contributed by atoms with van der Waals surface area (Å²) in [6, 6.07) is 0. The lowest BCUT2D eigenvalue weighted by Crippen LogP contribution is -2.36. The number of ether oxygens (including phenoxy) is 1. The van der Waals surface area contributed by atoms with E-state index >= 15 is 0 Å². The molecule has 1 aliphatic rings. The van der Waals surface area contributed by atoms with Gasteiger partial charge in [-0.3, -0.25) is 4.90 Å². The Labute approximate surface area is 111 Å². The van der Waals surface area contributed by atoms with Gasteiger partial charge >= 0.3 is 0 Å². The van der Waals surface area contributed by atoms with Crippen LogP contribution in [0.15, 0.2) is 0 Å². The number of aromatic nitrogens is 3. The first kappa shape index (κ1) is 17.1. The second-order valence-electron chi connectivity index (χ2n) is 3.61. The van der Waals surface area contributed by atoms with E-state index in [-0.39, 0.29) is 0 Å². The maximum absolute atomic E-state index is 5.29. The van der Waals surface area contributed by atoms with Gasteiger partial charge in [-0.05, 0) is 6.92 Å². The van der Waals surface area contributed by atoms with E-state index in [4.69, 9.17) is 4.74 Å². The zero-order valence-corrected chi connectivity index (χ0v) is 12.7. The highest BCUT2D eigenvalue weighted by atomic mass is 16.5. The maximum Gasteiger partial charge on any atom is 0.146 e. The molecule has 0 radical (unpaired) electrons. The number of morpholine rings is 1. The smallest absolute Gasteiger partial charge is 0.146 e. The summed E-state index contributed by atoms with van der Waals surface area (Å²) < 4.78 is 7.33. The van der Waals surface area contributed by atoms with E-state index < -0.39 is 0 Å². The van der Waals surface area contributed by atoms with Crippen molar-refractivity contribution in [1.82, 2.24) is 19.7 Å². The Hall–Kier alpha value is -0.940. The normalized spacial score (nSPS) is 15.2. The number of aryl methyl sites for hydroxylation is 1. The summed E-state index contributed by atoms with van der Waals surface area (Å²) in [6.45, 7) is 14.5. The SMILES string of the molecule is CC.CC.Cc1nnc(CN2CCOCC2)n1C. The van der Waals surface area contributed by atoms with Crippen LogP contribution in [0.1, 0.15) is 39.3 Å². The van der Waals surface area contributed by atoms with Crippen LogP contribution in [-0.2, 0) is 18.3 Å². The van der Waals surface area contributed by atoms with Crippen LogP contribution in [0.4, 0.5) is 0 Å². The van der Waals surface area contributed by atoms with Gasteiger partial charge < -0.3 is 9.30 Å². The Morgan fingerprint density at radius 2 is 1.61 bits per heavy atom. The molecule has 0 atom stereocenters. The quantitative estimate of drug-likeness (QED) is 0.812. The van der Waals surface area contributed by atoms with E-state index in [1.807, 2.05) is 46.2 Å². The van der Waals surface area contributed by atoms with Gasteiger partial charge in [-0.25, -0.2) is 0 Å². The van der Waals surface area contributed by atoms with E-state index in [2.05, 4.69) is 15.1 Å². The highest BCUT2D eigenvalue weighted by molar-refractivity contribution is 4.92. The van der Waals surface area contributed by atoms with Gasteiger partial charge in [0.15, 0.2) is 0 Å². The molecule has 0 saturated carbocycles. The maximum atomic E-state index is 5.29. The molecule has 0 amide bonds. The minimum atomic E-state index is 0.830. The van der Waals surface area contributed by atoms with Gasteiger partial charge in [0.05, 0.1) is 19.8 Å². The molecule has 106 valence electrons. The summed E-state index contributed by atoms with van der Waals surface area (Å²) in [6.07, 6.45) is 0. The summed E-state index contributed by atoms with van der Waals surface area (Å²) in [5.41, 5.74) is 0. The van der Waals surface area contributed by atoms with Crippen LogP contribution < -0.4 is 0 Å². The fourth-order valence-electron chi connectivity index (χ4n) is 1.55. The van der Waals surface area contributed by atoms with Crippen molar-refractivity contribution in [1.29, 1.82) is 0 Å². The number of rotatable bonds is 2. The van der Waals surface area contributed by atoms with Crippen molar-refractivity contribution in [2.75, 3.05) is 26.3 Å². The highest BCUT2D eigenvalue weighted by Gasteiger charge is 2.13. The molecule has 0 unspecified atom stereocenters. The molecule has 1 fully saturated rings. The number of hydrogen-bond donors (Lipinski definition) is 0. The lowest BCUT2D eigenvalue weighted by atomic mass is 10.4. The van der Waals surface area contributed by atoms with Crippen molar-refractivity contribution in [3.8, 4) is 0 Å². The van der Waals surface area contributed by atoms with Gasteiger partial charge in [-0.15, -0.1) is 10.2 Å². The van der Waals surface area contributed by atoms with Gasteiger partial charge in [0.2, 0.25) is 0 Å². The van der Waals surface area contributed by atoms with Gasteiger partial charge in [0.25, 0.3) is 0 Å². The fraction of sp³-hybridized carbons (Fsp3) is 0.846. The molecule has 5 heteroatoms. The Bertz CT molecular complexity index is 306. The molecule has 2 heterocycles. The van der Waals surface area contributed by atoms with Crippen molar-refractivity contribution in [2.45, 2.75) is 41.2 Å². The fourth-order valence-corrected chi connectivity index (χ4v) is 1.55. The monoisotopic (exact) mass is 256 g/mol. The molecule has 1 aromatic rings. The van der Waals surface area contributed by atoms with Gasteiger partial charge in [-0.1, -0.05) is 27.7 Å². The Morgan fingerprint density at radius 3 is 2.06 bits per heavy atom. The molecule has 0 bridgehead atoms. The highest BCUT2D eigenvalue weighted by Crippen LogP contribution is 2.05. The van der Waals surface area contributed by atoms with Crippen molar-refractivity contribution < 1.29 is 4.74 Å². The topological polar surface area (TPSA) is 43.2 Å². The summed E-state index contributed by atoms with van der Waals surface area (Å²) in [7, 11) is 2.01. The average molecular weight is 256 g/mol. The van der Waals surface area contributed by atoms with E-state index in [1.54, 1.807) is 0 Å². The van der Waals surface area contributed by atoms with E-state index in [0.29, 0.717) is 0 Å². The Balaban J connectivity index is 0.000000659. The summed E-state index contributed by atoms with van der Waals surface area (Å²) in [5, 5.41) is 8.18. The lowest BCUT2D eigenvalue weighted by molar-refractivity contribution is 0.0326. The van der Waals surface area contributed by atoms with Gasteiger partial charge in [0.1, 0.15) is 11.6 Å². The van der Waals surface area contributed by atoms with Crippen LogP contribution in [0, 0.1) is 6.92 Å². The van der Waals surface area contributed by atoms with Crippen LogP contribution >= 0.6 is 0 Å². The van der Waals surface area contributed by atoms with Gasteiger partial charge in [0, 0.05) is 20.1 Å². The minimum Gasteiger partial charge on any atom is -0.379 e. The van der Waals surface area contributed by atoms with Gasteiger partial charge in [-0.2, -0.15) is 0 Å². The van der Waals surface area contributed by atoms with E-state index in [9.17, 15) is 0 Å². The summed E-state index contributed by atoms with van der Waals surface area (Å²) >= 11 is 0. The zero-order valence-electron chi connectivity index (χ0n) is 12.7. The largest absolute Gasteiger partial charge is 0.379 e. The first-order valence-electron chi connectivity index (χ1n) is 6.92. The average Bonchev–Trinajstić information content (AvgIpc) is 2.76. The first-order valence-corrected chi connectivity index (χ1v) is 6.92. The van der Waals surface area contributed by atoms with Crippen LogP contribution in [0.5, 0.6) is 0 Å². The first-order chi connectivity index (χ1) is 8.77. The predicted molar refractivity (Wildman–Crippen MR) is 74.5 cm³/mol. The predicted octanol–water partition coefficient (Wildman–Crippen LogP) is 2.01. The summed E-state index contributed by atoms with van der Waals surface area (Å²) in [5.74, 6) is 2.00. The molecule has 0 aromatic carbocycles. The third kappa shape index (κ3) is 5.14. The third-order valence-corrected chi connectivity index (χ3v) is 2.65.